The summed E-state index contributed by atoms with van der Waals surface area (Å²) in [4.78, 5) is 14.0. The van der Waals surface area contributed by atoms with E-state index in [4.69, 9.17) is 10.2 Å². The molecule has 0 aliphatic heterocycles. The van der Waals surface area contributed by atoms with Gasteiger partial charge in [-0.2, -0.15) is 0 Å². The van der Waals surface area contributed by atoms with E-state index in [2.05, 4.69) is 10.2 Å². The van der Waals surface area contributed by atoms with Gasteiger partial charge in [-0.25, -0.2) is 0 Å². The highest BCUT2D eigenvalue weighted by atomic mass is 16.3. The summed E-state index contributed by atoms with van der Waals surface area (Å²) in [5, 5.41) is 2.79. The second-order valence-electron chi connectivity index (χ2n) is 4.73. The summed E-state index contributed by atoms with van der Waals surface area (Å²) >= 11 is 0. The number of nitrogen functional groups attached to an aromatic ring is 1. The molecule has 5 nitrogen and oxygen atoms in total. The number of nitrogens with one attached hydrogen (secondary N) is 1. The molecule has 2 rings (SSSR count). The number of nitrogens with two attached hydrogens (primary N) is 1. The lowest BCUT2D eigenvalue weighted by atomic mass is 10.1. The van der Waals surface area contributed by atoms with Crippen molar-refractivity contribution in [3.05, 3.63) is 47.9 Å². The van der Waals surface area contributed by atoms with E-state index in [0.717, 1.165) is 18.0 Å². The Bertz CT molecular complexity index is 594. The van der Waals surface area contributed by atoms with Gasteiger partial charge in [0.05, 0.1) is 24.2 Å². The quantitative estimate of drug-likeness (QED) is 0.801. The van der Waals surface area contributed by atoms with Crippen LogP contribution in [0.25, 0.3) is 0 Å². The van der Waals surface area contributed by atoms with E-state index in [1.165, 1.54) is 0 Å². The molecule has 0 aliphatic rings. The highest BCUT2D eigenvalue weighted by molar-refractivity contribution is 5.96. The van der Waals surface area contributed by atoms with Crippen molar-refractivity contribution in [3.8, 4) is 0 Å². The first kappa shape index (κ1) is 15.0. The number of rotatable bonds is 6. The fourth-order valence-electron chi connectivity index (χ4n) is 2.18. The maximum atomic E-state index is 11.9. The van der Waals surface area contributed by atoms with Gasteiger partial charge >= 0.3 is 0 Å². The number of anilines is 2. The predicted octanol–water partition coefficient (Wildman–Crippen LogP) is 2.64. The SMILES string of the molecule is CCNC(=O)c1ccc(N)c(N(CC)Cc2ccco2)c1. The van der Waals surface area contributed by atoms with Crippen molar-refractivity contribution in [1.29, 1.82) is 0 Å². The molecule has 1 aromatic carbocycles. The first-order chi connectivity index (χ1) is 10.2. The molecule has 5 heteroatoms. The molecule has 1 aromatic heterocycles. The zero-order valence-electron chi connectivity index (χ0n) is 12.4. The standard InChI is InChI=1S/C16H21N3O2/c1-3-18-16(20)12-7-8-14(17)15(10-12)19(4-2)11-13-6-5-9-21-13/h5-10H,3-4,11,17H2,1-2H3,(H,18,20). The van der Waals surface area contributed by atoms with Crippen LogP contribution >= 0.6 is 0 Å². The van der Waals surface area contributed by atoms with Gasteiger partial charge in [0.2, 0.25) is 0 Å². The van der Waals surface area contributed by atoms with E-state index in [9.17, 15) is 4.79 Å². The van der Waals surface area contributed by atoms with E-state index in [1.807, 2.05) is 32.0 Å². The van der Waals surface area contributed by atoms with Crippen LogP contribution in [0.5, 0.6) is 0 Å². The summed E-state index contributed by atoms with van der Waals surface area (Å²) in [5.41, 5.74) is 8.17. The molecule has 3 N–H and O–H groups in total. The van der Waals surface area contributed by atoms with Crippen molar-refractivity contribution in [2.24, 2.45) is 0 Å². The minimum Gasteiger partial charge on any atom is -0.467 e. The minimum absolute atomic E-state index is 0.0900. The normalized spacial score (nSPS) is 10.4. The Balaban J connectivity index is 2.27. The molecule has 0 saturated carbocycles. The Hall–Kier alpha value is -2.43. The van der Waals surface area contributed by atoms with E-state index in [-0.39, 0.29) is 5.91 Å². The minimum atomic E-state index is -0.0900. The third-order valence-electron chi connectivity index (χ3n) is 3.28. The maximum absolute atomic E-state index is 11.9. The Morgan fingerprint density at radius 2 is 2.14 bits per heavy atom. The lowest BCUT2D eigenvalue weighted by Gasteiger charge is -2.24. The molecule has 0 saturated heterocycles. The summed E-state index contributed by atoms with van der Waals surface area (Å²) < 4.78 is 5.38. The first-order valence-corrected chi connectivity index (χ1v) is 7.10. The smallest absolute Gasteiger partial charge is 0.251 e. The van der Waals surface area contributed by atoms with Crippen molar-refractivity contribution < 1.29 is 9.21 Å². The molecule has 0 unspecified atom stereocenters. The van der Waals surface area contributed by atoms with Gasteiger partial charge in [0.15, 0.2) is 0 Å². The number of benzene rings is 1. The first-order valence-electron chi connectivity index (χ1n) is 7.10. The van der Waals surface area contributed by atoms with Crippen molar-refractivity contribution >= 4 is 17.3 Å². The molecule has 21 heavy (non-hydrogen) atoms. The third-order valence-corrected chi connectivity index (χ3v) is 3.28. The molecule has 0 bridgehead atoms. The maximum Gasteiger partial charge on any atom is 0.251 e. The molecule has 1 amide bonds. The molecule has 1 heterocycles. The Morgan fingerprint density at radius 1 is 1.33 bits per heavy atom. The lowest BCUT2D eigenvalue weighted by Crippen LogP contribution is -2.25. The van der Waals surface area contributed by atoms with Crippen LogP contribution in [0.15, 0.2) is 41.0 Å². The van der Waals surface area contributed by atoms with Crippen LogP contribution in [0.1, 0.15) is 30.0 Å². The summed E-state index contributed by atoms with van der Waals surface area (Å²) in [5.74, 6) is 0.771. The van der Waals surface area contributed by atoms with Crippen molar-refractivity contribution in [1.82, 2.24) is 5.32 Å². The number of amides is 1. The van der Waals surface area contributed by atoms with E-state index in [1.54, 1.807) is 18.4 Å². The summed E-state index contributed by atoms with van der Waals surface area (Å²) in [7, 11) is 0. The molecule has 0 atom stereocenters. The number of nitrogens with zero attached hydrogens (tertiary/aromatic N) is 1. The van der Waals surface area contributed by atoms with Gasteiger partial charge in [-0.1, -0.05) is 0 Å². The van der Waals surface area contributed by atoms with Crippen LogP contribution < -0.4 is 16.0 Å². The van der Waals surface area contributed by atoms with Crippen molar-refractivity contribution in [2.75, 3.05) is 23.7 Å². The average molecular weight is 287 g/mol. The molecule has 0 spiro atoms. The molecule has 2 aromatic rings. The van der Waals surface area contributed by atoms with Gasteiger partial charge in [0, 0.05) is 18.7 Å². The Labute approximate surface area is 124 Å². The Kier molecular flexibility index (Phi) is 4.87. The van der Waals surface area contributed by atoms with Gasteiger partial charge in [-0.3, -0.25) is 4.79 Å². The number of hydrogen-bond donors (Lipinski definition) is 2. The zero-order chi connectivity index (χ0) is 15.2. The number of carbonyl (C=O) groups is 1. The monoisotopic (exact) mass is 287 g/mol. The van der Waals surface area contributed by atoms with Crippen molar-refractivity contribution in [3.63, 3.8) is 0 Å². The third kappa shape index (κ3) is 3.56. The fourth-order valence-corrected chi connectivity index (χ4v) is 2.18. The lowest BCUT2D eigenvalue weighted by molar-refractivity contribution is 0.0956. The second kappa shape index (κ2) is 6.83. The summed E-state index contributed by atoms with van der Waals surface area (Å²) in [6, 6.07) is 9.12. The topological polar surface area (TPSA) is 71.5 Å². The van der Waals surface area contributed by atoms with E-state index in [0.29, 0.717) is 24.3 Å². The second-order valence-corrected chi connectivity index (χ2v) is 4.73. The van der Waals surface area contributed by atoms with Crippen LogP contribution in [0.3, 0.4) is 0 Å². The largest absolute Gasteiger partial charge is 0.467 e. The summed E-state index contributed by atoms with van der Waals surface area (Å²) in [6.45, 7) is 5.92. The zero-order valence-corrected chi connectivity index (χ0v) is 12.4. The van der Waals surface area contributed by atoms with Gasteiger partial charge < -0.3 is 20.4 Å². The van der Waals surface area contributed by atoms with Crippen LogP contribution in [0, 0.1) is 0 Å². The van der Waals surface area contributed by atoms with Crippen LogP contribution in [-0.4, -0.2) is 19.0 Å². The van der Waals surface area contributed by atoms with Crippen LogP contribution in [0.4, 0.5) is 11.4 Å². The number of furan rings is 1. The van der Waals surface area contributed by atoms with Gasteiger partial charge in [0.1, 0.15) is 5.76 Å². The van der Waals surface area contributed by atoms with Crippen LogP contribution in [-0.2, 0) is 6.54 Å². The van der Waals surface area contributed by atoms with Gasteiger partial charge in [-0.05, 0) is 44.2 Å². The van der Waals surface area contributed by atoms with E-state index < -0.39 is 0 Å². The van der Waals surface area contributed by atoms with Crippen LogP contribution in [0.2, 0.25) is 0 Å². The molecule has 112 valence electrons. The van der Waals surface area contributed by atoms with Gasteiger partial charge in [-0.15, -0.1) is 0 Å². The molecule has 0 fully saturated rings. The number of carbonyl (C=O) groups excluding carboxylic acids is 1. The highest BCUT2D eigenvalue weighted by Crippen LogP contribution is 2.26. The number of hydrogen-bond acceptors (Lipinski definition) is 4. The molecule has 0 aliphatic carbocycles. The van der Waals surface area contributed by atoms with E-state index >= 15 is 0 Å². The van der Waals surface area contributed by atoms with Gasteiger partial charge in [0.25, 0.3) is 5.91 Å². The highest BCUT2D eigenvalue weighted by Gasteiger charge is 2.13. The average Bonchev–Trinajstić information content (AvgIpc) is 2.99. The summed E-state index contributed by atoms with van der Waals surface area (Å²) in [6.07, 6.45) is 1.65. The fraction of sp³-hybridized carbons (Fsp3) is 0.312. The molecule has 0 radical (unpaired) electrons. The Morgan fingerprint density at radius 3 is 2.76 bits per heavy atom. The van der Waals surface area contributed by atoms with Crippen molar-refractivity contribution in [2.45, 2.75) is 20.4 Å². The molecular formula is C16H21N3O2. The predicted molar refractivity (Wildman–Crippen MR) is 84.3 cm³/mol. The molecular weight excluding hydrogens is 266 g/mol.